The third kappa shape index (κ3) is 5.76. The molecule has 0 aromatic heterocycles. The fourth-order valence-electron chi connectivity index (χ4n) is 2.62. The van der Waals surface area contributed by atoms with E-state index in [1.54, 1.807) is 0 Å². The number of nitrogens with two attached hydrogens (primary N) is 1. The molecule has 0 bridgehead atoms. The lowest BCUT2D eigenvalue weighted by atomic mass is 10.0. The summed E-state index contributed by atoms with van der Waals surface area (Å²) in [4.78, 5) is 16.6. The highest BCUT2D eigenvalue weighted by molar-refractivity contribution is 5.85. The molecule has 1 aromatic carbocycles. The fraction of sp³-hybridized carbons (Fsp3) is 0.562. The molecule has 2 rings (SSSR count). The Morgan fingerprint density at radius 1 is 1.09 bits per heavy atom. The number of carbonyl (C=O) groups is 1. The van der Waals surface area contributed by atoms with Gasteiger partial charge in [0.05, 0.1) is 0 Å². The first-order valence-electron chi connectivity index (χ1n) is 7.40. The zero-order chi connectivity index (χ0) is 14.5. The summed E-state index contributed by atoms with van der Waals surface area (Å²) in [7, 11) is 0. The zero-order valence-corrected chi connectivity index (χ0v) is 14.9. The molecular formula is C16H27Cl2N3O. The molecule has 1 heterocycles. The van der Waals surface area contributed by atoms with Gasteiger partial charge in [-0.25, -0.2) is 0 Å². The summed E-state index contributed by atoms with van der Waals surface area (Å²) >= 11 is 0. The van der Waals surface area contributed by atoms with E-state index in [-0.39, 0.29) is 36.8 Å². The second-order valence-electron chi connectivity index (χ2n) is 5.73. The minimum absolute atomic E-state index is 0. The molecule has 1 saturated heterocycles. The van der Waals surface area contributed by atoms with Crippen molar-refractivity contribution in [2.45, 2.75) is 32.4 Å². The van der Waals surface area contributed by atoms with Gasteiger partial charge in [0.25, 0.3) is 0 Å². The maximum atomic E-state index is 12.3. The van der Waals surface area contributed by atoms with Crippen molar-refractivity contribution in [2.75, 3.05) is 26.2 Å². The molecule has 22 heavy (non-hydrogen) atoms. The van der Waals surface area contributed by atoms with Gasteiger partial charge in [0.1, 0.15) is 0 Å². The van der Waals surface area contributed by atoms with Crippen molar-refractivity contribution >= 4 is 30.7 Å². The lowest BCUT2D eigenvalue weighted by Gasteiger charge is -2.37. The standard InChI is InChI=1S/C16H25N3O.2ClH/c1-13(2)18-8-10-19(11-9-18)16(20)12-15(17)14-6-4-3-5-7-14;;/h3-7,13,15H,8-12,17H2,1-2H3;2*1H. The largest absolute Gasteiger partial charge is 0.340 e. The number of carbonyl (C=O) groups excluding carboxylic acids is 1. The zero-order valence-electron chi connectivity index (χ0n) is 13.3. The average molecular weight is 348 g/mol. The van der Waals surface area contributed by atoms with Gasteiger partial charge in [-0.3, -0.25) is 9.69 Å². The molecule has 0 spiro atoms. The minimum atomic E-state index is -0.202. The molecule has 0 aliphatic carbocycles. The monoisotopic (exact) mass is 347 g/mol. The van der Waals surface area contributed by atoms with Crippen LogP contribution in [0.2, 0.25) is 0 Å². The maximum absolute atomic E-state index is 12.3. The summed E-state index contributed by atoms with van der Waals surface area (Å²) in [6.07, 6.45) is 0.395. The third-order valence-electron chi connectivity index (χ3n) is 4.02. The van der Waals surface area contributed by atoms with Gasteiger partial charge < -0.3 is 10.6 Å². The third-order valence-corrected chi connectivity index (χ3v) is 4.02. The van der Waals surface area contributed by atoms with Crippen molar-refractivity contribution in [1.29, 1.82) is 0 Å². The summed E-state index contributed by atoms with van der Waals surface area (Å²) in [6.45, 7) is 7.95. The van der Waals surface area contributed by atoms with Crippen LogP contribution in [0.4, 0.5) is 0 Å². The quantitative estimate of drug-likeness (QED) is 0.909. The van der Waals surface area contributed by atoms with Gasteiger partial charge >= 0.3 is 0 Å². The minimum Gasteiger partial charge on any atom is -0.340 e. The van der Waals surface area contributed by atoms with Gasteiger partial charge in [-0.05, 0) is 19.4 Å². The first-order valence-corrected chi connectivity index (χ1v) is 7.40. The van der Waals surface area contributed by atoms with E-state index in [4.69, 9.17) is 5.73 Å². The number of piperazine rings is 1. The number of rotatable bonds is 4. The molecule has 1 amide bonds. The van der Waals surface area contributed by atoms with Gasteiger partial charge in [-0.15, -0.1) is 24.8 Å². The van der Waals surface area contributed by atoms with E-state index in [1.165, 1.54) is 0 Å². The van der Waals surface area contributed by atoms with Gasteiger partial charge in [-0.1, -0.05) is 30.3 Å². The van der Waals surface area contributed by atoms with Crippen LogP contribution in [-0.4, -0.2) is 47.9 Å². The van der Waals surface area contributed by atoms with E-state index < -0.39 is 0 Å². The lowest BCUT2D eigenvalue weighted by molar-refractivity contribution is -0.133. The van der Waals surface area contributed by atoms with Gasteiger partial charge in [0.2, 0.25) is 5.91 Å². The second kappa shape index (κ2) is 10.1. The van der Waals surface area contributed by atoms with E-state index in [0.717, 1.165) is 31.7 Å². The molecule has 1 atom stereocenters. The topological polar surface area (TPSA) is 49.6 Å². The first-order chi connectivity index (χ1) is 9.58. The Bertz CT molecular complexity index is 434. The molecule has 1 fully saturated rings. The maximum Gasteiger partial charge on any atom is 0.224 e. The Labute approximate surface area is 145 Å². The molecular weight excluding hydrogens is 321 g/mol. The van der Waals surface area contributed by atoms with Crippen LogP contribution >= 0.6 is 24.8 Å². The summed E-state index contributed by atoms with van der Waals surface area (Å²) in [5, 5.41) is 0. The van der Waals surface area contributed by atoms with Crippen LogP contribution in [0, 0.1) is 0 Å². The van der Waals surface area contributed by atoms with E-state index in [2.05, 4.69) is 18.7 Å². The van der Waals surface area contributed by atoms with Crippen LogP contribution in [0.15, 0.2) is 30.3 Å². The number of hydrogen-bond acceptors (Lipinski definition) is 3. The number of benzene rings is 1. The molecule has 2 N–H and O–H groups in total. The Morgan fingerprint density at radius 3 is 2.14 bits per heavy atom. The molecule has 1 unspecified atom stereocenters. The van der Waals surface area contributed by atoms with Gasteiger partial charge in [0, 0.05) is 44.7 Å². The summed E-state index contributed by atoms with van der Waals surface area (Å²) in [6, 6.07) is 10.2. The molecule has 0 saturated carbocycles. The highest BCUT2D eigenvalue weighted by Crippen LogP contribution is 2.16. The van der Waals surface area contributed by atoms with Crippen molar-refractivity contribution in [3.05, 3.63) is 35.9 Å². The number of halogens is 2. The molecule has 6 heteroatoms. The Hall–Kier alpha value is -0.810. The first kappa shape index (κ1) is 21.2. The van der Waals surface area contributed by atoms with Crippen LogP contribution < -0.4 is 5.73 Å². The predicted molar refractivity (Wildman–Crippen MR) is 95.8 cm³/mol. The van der Waals surface area contributed by atoms with Crippen molar-refractivity contribution < 1.29 is 4.79 Å². The highest BCUT2D eigenvalue weighted by Gasteiger charge is 2.23. The SMILES string of the molecule is CC(C)N1CCN(C(=O)CC(N)c2ccccc2)CC1.Cl.Cl. The number of hydrogen-bond donors (Lipinski definition) is 1. The van der Waals surface area contributed by atoms with Crippen LogP contribution in [0.5, 0.6) is 0 Å². The highest BCUT2D eigenvalue weighted by atomic mass is 35.5. The molecule has 1 aromatic rings. The smallest absolute Gasteiger partial charge is 0.224 e. The molecule has 126 valence electrons. The normalized spacial score (nSPS) is 16.6. The van der Waals surface area contributed by atoms with Crippen LogP contribution in [-0.2, 0) is 4.79 Å². The van der Waals surface area contributed by atoms with Crippen LogP contribution in [0.3, 0.4) is 0 Å². The molecule has 0 radical (unpaired) electrons. The molecule has 1 aliphatic heterocycles. The molecule has 4 nitrogen and oxygen atoms in total. The lowest BCUT2D eigenvalue weighted by Crippen LogP contribution is -2.51. The number of nitrogens with zero attached hydrogens (tertiary/aromatic N) is 2. The van der Waals surface area contributed by atoms with Crippen LogP contribution in [0.25, 0.3) is 0 Å². The van der Waals surface area contributed by atoms with Gasteiger partial charge in [-0.2, -0.15) is 0 Å². The predicted octanol–water partition coefficient (Wildman–Crippen LogP) is 2.47. The average Bonchev–Trinajstić information content (AvgIpc) is 2.48. The second-order valence-corrected chi connectivity index (χ2v) is 5.73. The fourth-order valence-corrected chi connectivity index (χ4v) is 2.62. The Balaban J connectivity index is 0.00000220. The summed E-state index contributed by atoms with van der Waals surface area (Å²) in [5.41, 5.74) is 7.15. The van der Waals surface area contributed by atoms with E-state index in [9.17, 15) is 4.79 Å². The Kier molecular flexibility index (Phi) is 9.69. The summed E-state index contributed by atoms with van der Waals surface area (Å²) in [5.74, 6) is 0.171. The number of amides is 1. The van der Waals surface area contributed by atoms with E-state index in [1.807, 2.05) is 35.2 Å². The van der Waals surface area contributed by atoms with Crippen molar-refractivity contribution in [3.8, 4) is 0 Å². The van der Waals surface area contributed by atoms with Crippen molar-refractivity contribution in [1.82, 2.24) is 9.80 Å². The van der Waals surface area contributed by atoms with Crippen LogP contribution in [0.1, 0.15) is 31.9 Å². The summed E-state index contributed by atoms with van der Waals surface area (Å²) < 4.78 is 0. The Morgan fingerprint density at radius 2 is 1.64 bits per heavy atom. The van der Waals surface area contributed by atoms with Gasteiger partial charge in [0.15, 0.2) is 0 Å². The van der Waals surface area contributed by atoms with E-state index in [0.29, 0.717) is 12.5 Å². The van der Waals surface area contributed by atoms with Crippen molar-refractivity contribution in [3.63, 3.8) is 0 Å². The van der Waals surface area contributed by atoms with Crippen molar-refractivity contribution in [2.24, 2.45) is 5.73 Å². The molecule has 1 aliphatic rings. The van der Waals surface area contributed by atoms with E-state index >= 15 is 0 Å².